The Kier molecular flexibility index (Phi) is 7.08. The number of hydrogen-bond acceptors (Lipinski definition) is 6. The summed E-state index contributed by atoms with van der Waals surface area (Å²) < 4.78 is 26.6. The molecule has 0 saturated carbocycles. The number of anilines is 1. The first-order chi connectivity index (χ1) is 15.9. The van der Waals surface area contributed by atoms with Crippen LogP contribution < -0.4 is 5.32 Å². The van der Waals surface area contributed by atoms with E-state index in [-0.39, 0.29) is 11.9 Å². The van der Waals surface area contributed by atoms with Crippen LogP contribution in [0.15, 0.2) is 47.8 Å². The molecule has 33 heavy (non-hydrogen) atoms. The highest BCUT2D eigenvalue weighted by molar-refractivity contribution is 7.14. The summed E-state index contributed by atoms with van der Waals surface area (Å²) >= 11 is 1.24. The number of benzene rings is 2. The number of hydrogen-bond donors (Lipinski definition) is 1. The van der Waals surface area contributed by atoms with Gasteiger partial charge in [-0.25, -0.2) is 13.8 Å². The highest BCUT2D eigenvalue weighted by Crippen LogP contribution is 2.26. The van der Waals surface area contributed by atoms with Crippen molar-refractivity contribution in [2.24, 2.45) is 0 Å². The largest absolute Gasteiger partial charge is 0.301 e. The summed E-state index contributed by atoms with van der Waals surface area (Å²) in [7, 11) is 0. The fourth-order valence-corrected chi connectivity index (χ4v) is 4.47. The fraction of sp³-hybridized carbons (Fsp3) is 0.292. The Hall–Kier alpha value is -3.19. The van der Waals surface area contributed by atoms with Crippen LogP contribution in [0.1, 0.15) is 18.1 Å². The number of nitrogens with one attached hydrogen (secondary N) is 1. The van der Waals surface area contributed by atoms with Crippen LogP contribution in [0.5, 0.6) is 0 Å². The summed E-state index contributed by atoms with van der Waals surface area (Å²) in [5.74, 6) is -1.99. The van der Waals surface area contributed by atoms with E-state index in [1.807, 2.05) is 31.2 Å². The van der Waals surface area contributed by atoms with Crippen molar-refractivity contribution in [1.29, 1.82) is 5.26 Å². The van der Waals surface area contributed by atoms with Crippen LogP contribution in [0.3, 0.4) is 0 Å². The van der Waals surface area contributed by atoms with E-state index in [9.17, 15) is 13.6 Å². The van der Waals surface area contributed by atoms with Crippen molar-refractivity contribution in [3.8, 4) is 17.3 Å². The number of carbonyl (C=O) groups is 1. The number of aromatic nitrogens is 1. The van der Waals surface area contributed by atoms with E-state index >= 15 is 0 Å². The summed E-state index contributed by atoms with van der Waals surface area (Å²) in [4.78, 5) is 21.6. The lowest BCUT2D eigenvalue weighted by atomic mass is 10.1. The summed E-state index contributed by atoms with van der Waals surface area (Å²) in [5, 5.41) is 13.9. The molecule has 1 aliphatic rings. The van der Waals surface area contributed by atoms with Crippen molar-refractivity contribution in [2.75, 3.05) is 31.5 Å². The molecule has 1 atom stereocenters. The zero-order valence-electron chi connectivity index (χ0n) is 18.1. The number of amides is 1. The number of nitrogens with zero attached hydrogens (tertiary/aromatic N) is 4. The Morgan fingerprint density at radius 3 is 2.55 bits per heavy atom. The van der Waals surface area contributed by atoms with Crippen LogP contribution in [0.4, 0.5) is 13.9 Å². The van der Waals surface area contributed by atoms with Gasteiger partial charge in [0.05, 0.1) is 23.4 Å². The van der Waals surface area contributed by atoms with Gasteiger partial charge in [-0.3, -0.25) is 14.6 Å². The third kappa shape index (κ3) is 5.60. The molecule has 170 valence electrons. The monoisotopic (exact) mass is 467 g/mol. The first-order valence-corrected chi connectivity index (χ1v) is 11.5. The Labute approximate surface area is 195 Å². The Balaban J connectivity index is 1.29. The molecule has 1 N–H and O–H groups in total. The van der Waals surface area contributed by atoms with Gasteiger partial charge < -0.3 is 5.32 Å². The number of halogens is 2. The molecule has 6 nitrogen and oxygen atoms in total. The molecule has 1 fully saturated rings. The summed E-state index contributed by atoms with van der Waals surface area (Å²) in [6, 6.07) is 13.0. The molecule has 0 aliphatic carbocycles. The Morgan fingerprint density at radius 2 is 1.88 bits per heavy atom. The van der Waals surface area contributed by atoms with Crippen LogP contribution in [-0.2, 0) is 11.3 Å². The highest BCUT2D eigenvalue weighted by atomic mass is 32.1. The molecule has 9 heteroatoms. The van der Waals surface area contributed by atoms with E-state index in [4.69, 9.17) is 5.26 Å². The minimum atomic E-state index is -0.932. The highest BCUT2D eigenvalue weighted by Gasteiger charge is 2.26. The zero-order valence-corrected chi connectivity index (χ0v) is 18.9. The minimum Gasteiger partial charge on any atom is -0.301 e. The second-order valence-corrected chi connectivity index (χ2v) is 8.81. The lowest BCUT2D eigenvalue weighted by molar-refractivity contribution is -0.121. The quantitative estimate of drug-likeness (QED) is 0.591. The van der Waals surface area contributed by atoms with Crippen molar-refractivity contribution < 1.29 is 13.6 Å². The average Bonchev–Trinajstić information content (AvgIpc) is 3.30. The van der Waals surface area contributed by atoms with Crippen LogP contribution in [0.2, 0.25) is 0 Å². The van der Waals surface area contributed by atoms with Gasteiger partial charge in [0.25, 0.3) is 0 Å². The maximum Gasteiger partial charge on any atom is 0.243 e. The predicted octanol–water partition coefficient (Wildman–Crippen LogP) is 4.10. The van der Waals surface area contributed by atoms with Crippen molar-refractivity contribution in [3.05, 3.63) is 70.6 Å². The van der Waals surface area contributed by atoms with E-state index in [0.29, 0.717) is 22.0 Å². The molecule has 2 aromatic carbocycles. The lowest BCUT2D eigenvalue weighted by Crippen LogP contribution is -2.52. The van der Waals surface area contributed by atoms with Gasteiger partial charge in [-0.05, 0) is 42.8 Å². The third-order valence-electron chi connectivity index (χ3n) is 5.77. The van der Waals surface area contributed by atoms with Crippen molar-refractivity contribution in [2.45, 2.75) is 19.5 Å². The Morgan fingerprint density at radius 1 is 1.15 bits per heavy atom. The SMILES string of the molecule is CC(C(=O)Nc1nc(-c2ccc(F)c(F)c2)cs1)N1CCN(Cc2ccc(C#N)cc2)CC1. The van der Waals surface area contributed by atoms with Gasteiger partial charge >= 0.3 is 0 Å². The average molecular weight is 468 g/mol. The third-order valence-corrected chi connectivity index (χ3v) is 6.53. The van der Waals surface area contributed by atoms with Gasteiger partial charge in [0.1, 0.15) is 0 Å². The number of rotatable bonds is 6. The second kappa shape index (κ2) is 10.2. The van der Waals surface area contributed by atoms with Crippen molar-refractivity contribution >= 4 is 22.4 Å². The normalized spacial score (nSPS) is 15.7. The molecular formula is C24H23F2N5OS. The molecule has 1 aromatic heterocycles. The van der Waals surface area contributed by atoms with Gasteiger partial charge in [0.15, 0.2) is 16.8 Å². The number of piperazine rings is 1. The van der Waals surface area contributed by atoms with E-state index in [1.54, 1.807) is 5.38 Å². The molecule has 0 radical (unpaired) electrons. The molecule has 1 amide bonds. The lowest BCUT2D eigenvalue weighted by Gasteiger charge is -2.37. The molecule has 3 aromatic rings. The van der Waals surface area contributed by atoms with Crippen molar-refractivity contribution in [1.82, 2.24) is 14.8 Å². The molecule has 0 bridgehead atoms. The minimum absolute atomic E-state index is 0.151. The fourth-order valence-electron chi connectivity index (χ4n) is 3.75. The maximum atomic E-state index is 13.5. The van der Waals surface area contributed by atoms with E-state index < -0.39 is 11.6 Å². The zero-order chi connectivity index (χ0) is 23.4. The van der Waals surface area contributed by atoms with Gasteiger partial charge in [-0.1, -0.05) is 12.1 Å². The molecular weight excluding hydrogens is 444 g/mol. The van der Waals surface area contributed by atoms with E-state index in [2.05, 4.69) is 26.2 Å². The second-order valence-electron chi connectivity index (χ2n) is 7.95. The number of nitriles is 1. The summed E-state index contributed by atoms with van der Waals surface area (Å²) in [6.07, 6.45) is 0. The first kappa shape index (κ1) is 23.0. The van der Waals surface area contributed by atoms with E-state index in [1.165, 1.54) is 17.4 Å². The first-order valence-electron chi connectivity index (χ1n) is 10.6. The van der Waals surface area contributed by atoms with Crippen LogP contribution >= 0.6 is 11.3 Å². The van der Waals surface area contributed by atoms with E-state index in [0.717, 1.165) is 50.4 Å². The summed E-state index contributed by atoms with van der Waals surface area (Å²) in [5.41, 5.74) is 2.75. The molecule has 0 spiro atoms. The van der Waals surface area contributed by atoms with Crippen LogP contribution in [-0.4, -0.2) is 52.9 Å². The van der Waals surface area contributed by atoms with Gasteiger partial charge in [0, 0.05) is 43.7 Å². The van der Waals surface area contributed by atoms with Crippen molar-refractivity contribution in [3.63, 3.8) is 0 Å². The van der Waals surface area contributed by atoms with Gasteiger partial charge in [-0.2, -0.15) is 5.26 Å². The predicted molar refractivity (Wildman–Crippen MR) is 124 cm³/mol. The standard InChI is InChI=1S/C24H23F2N5OS/c1-16(31-10-8-30(9-11-31)14-18-4-2-17(13-27)3-5-18)23(32)29-24-28-22(15-33-24)19-6-7-20(25)21(26)12-19/h2-7,12,15-16H,8-11,14H2,1H3,(H,28,29,32). The molecule has 1 unspecified atom stereocenters. The molecule has 2 heterocycles. The topological polar surface area (TPSA) is 72.3 Å². The smallest absolute Gasteiger partial charge is 0.243 e. The van der Waals surface area contributed by atoms with Gasteiger partial charge in [-0.15, -0.1) is 11.3 Å². The van der Waals surface area contributed by atoms with Crippen LogP contribution in [0, 0.1) is 23.0 Å². The van der Waals surface area contributed by atoms with Gasteiger partial charge in [0.2, 0.25) is 5.91 Å². The summed E-state index contributed by atoms with van der Waals surface area (Å²) in [6.45, 7) is 5.90. The maximum absolute atomic E-state index is 13.5. The molecule has 1 aliphatic heterocycles. The number of carbonyl (C=O) groups excluding carboxylic acids is 1. The molecule has 4 rings (SSSR count). The molecule has 1 saturated heterocycles. The van der Waals surface area contributed by atoms with Crippen LogP contribution in [0.25, 0.3) is 11.3 Å². The number of thiazole rings is 1. The Bertz CT molecular complexity index is 1170.